The van der Waals surface area contributed by atoms with Gasteiger partial charge >= 0.3 is 0 Å². The highest BCUT2D eigenvalue weighted by atomic mass is 35.5. The number of halogens is 2. The molecule has 0 N–H and O–H groups in total. The van der Waals surface area contributed by atoms with E-state index in [2.05, 4.69) is 4.98 Å². The Hall–Kier alpha value is -0.840. The zero-order valence-corrected chi connectivity index (χ0v) is 11.7. The van der Waals surface area contributed by atoms with Gasteiger partial charge in [0.1, 0.15) is 10.8 Å². The zero-order chi connectivity index (χ0) is 13.3. The predicted molar refractivity (Wildman–Crippen MR) is 70.2 cm³/mol. The maximum Gasteiger partial charge on any atom is 0.274 e. The summed E-state index contributed by atoms with van der Waals surface area (Å²) in [6.45, 7) is 4.91. The van der Waals surface area contributed by atoms with Crippen molar-refractivity contribution in [2.45, 2.75) is 26.0 Å². The van der Waals surface area contributed by atoms with Crippen LogP contribution in [0.4, 0.5) is 0 Å². The Morgan fingerprint density at radius 1 is 1.44 bits per heavy atom. The van der Waals surface area contributed by atoms with Gasteiger partial charge in [0.15, 0.2) is 0 Å². The summed E-state index contributed by atoms with van der Waals surface area (Å²) in [6, 6.07) is 3.15. The van der Waals surface area contributed by atoms with Crippen molar-refractivity contribution in [3.8, 4) is 0 Å². The number of pyridine rings is 1. The highest BCUT2D eigenvalue weighted by Crippen LogP contribution is 2.21. The Morgan fingerprint density at radius 3 is 2.89 bits per heavy atom. The Balaban J connectivity index is 2.27. The molecule has 1 aromatic rings. The molecule has 0 bridgehead atoms. The van der Waals surface area contributed by atoms with Gasteiger partial charge in [0, 0.05) is 6.54 Å². The summed E-state index contributed by atoms with van der Waals surface area (Å²) in [6.07, 6.45) is 0.0168. The van der Waals surface area contributed by atoms with Crippen molar-refractivity contribution in [1.82, 2.24) is 9.88 Å². The molecule has 1 amide bonds. The van der Waals surface area contributed by atoms with Gasteiger partial charge in [-0.15, -0.1) is 0 Å². The molecule has 98 valence electrons. The third-order valence-electron chi connectivity index (χ3n) is 2.88. The molecule has 0 radical (unpaired) electrons. The van der Waals surface area contributed by atoms with Crippen LogP contribution in [-0.4, -0.2) is 41.1 Å². The highest BCUT2D eigenvalue weighted by Gasteiger charge is 2.30. The molecule has 2 unspecified atom stereocenters. The molecule has 1 fully saturated rings. The lowest BCUT2D eigenvalue weighted by Crippen LogP contribution is -2.50. The number of carbonyl (C=O) groups excluding carboxylic acids is 1. The normalized spacial score (nSPS) is 24.1. The van der Waals surface area contributed by atoms with Crippen LogP contribution in [-0.2, 0) is 4.74 Å². The molecule has 4 nitrogen and oxygen atoms in total. The second-order valence-corrected chi connectivity index (χ2v) is 5.21. The summed E-state index contributed by atoms with van der Waals surface area (Å²) in [7, 11) is 0. The fourth-order valence-electron chi connectivity index (χ4n) is 1.89. The van der Waals surface area contributed by atoms with Crippen molar-refractivity contribution in [2.24, 2.45) is 0 Å². The Morgan fingerprint density at radius 2 is 2.17 bits per heavy atom. The number of morpholine rings is 1. The molecule has 6 heteroatoms. The van der Waals surface area contributed by atoms with Crippen LogP contribution in [0.15, 0.2) is 12.1 Å². The van der Waals surface area contributed by atoms with E-state index in [1.165, 1.54) is 0 Å². The van der Waals surface area contributed by atoms with E-state index >= 15 is 0 Å². The van der Waals surface area contributed by atoms with Gasteiger partial charge in [-0.3, -0.25) is 4.79 Å². The van der Waals surface area contributed by atoms with Crippen molar-refractivity contribution in [2.75, 3.05) is 13.2 Å². The summed E-state index contributed by atoms with van der Waals surface area (Å²) in [4.78, 5) is 18.1. The number of nitrogens with zero attached hydrogens (tertiary/aromatic N) is 2. The zero-order valence-electron chi connectivity index (χ0n) is 10.2. The van der Waals surface area contributed by atoms with Gasteiger partial charge in [0.25, 0.3) is 5.91 Å². The second kappa shape index (κ2) is 5.43. The van der Waals surface area contributed by atoms with E-state index in [0.717, 1.165) is 0 Å². The fourth-order valence-corrected chi connectivity index (χ4v) is 2.22. The molecule has 18 heavy (non-hydrogen) atoms. The summed E-state index contributed by atoms with van der Waals surface area (Å²) in [5.74, 6) is -0.204. The lowest BCUT2D eigenvalue weighted by atomic mass is 10.2. The number of rotatable bonds is 1. The molecule has 2 rings (SSSR count). The van der Waals surface area contributed by atoms with Gasteiger partial charge in [0.2, 0.25) is 0 Å². The molecule has 1 saturated heterocycles. The maximum atomic E-state index is 12.4. The van der Waals surface area contributed by atoms with E-state index in [0.29, 0.717) is 18.2 Å². The lowest BCUT2D eigenvalue weighted by molar-refractivity contribution is -0.0388. The number of hydrogen-bond donors (Lipinski definition) is 0. The minimum Gasteiger partial charge on any atom is -0.375 e. The Kier molecular flexibility index (Phi) is 4.10. The number of aromatic nitrogens is 1. The van der Waals surface area contributed by atoms with E-state index in [4.69, 9.17) is 27.9 Å². The molecule has 1 aliphatic rings. The standard InChI is InChI=1S/C12H14Cl2N2O2/c1-7-6-18-8(2)5-16(7)12(17)11-9(13)3-4-10(14)15-11/h3-4,7-8H,5-6H2,1-2H3. The van der Waals surface area contributed by atoms with Crippen LogP contribution in [0.25, 0.3) is 0 Å². The number of carbonyl (C=O) groups is 1. The molecule has 2 heterocycles. The SMILES string of the molecule is CC1CN(C(=O)c2nc(Cl)ccc2Cl)C(C)CO1. The largest absolute Gasteiger partial charge is 0.375 e. The Bertz CT molecular complexity index is 467. The molecule has 0 aliphatic carbocycles. The minimum atomic E-state index is -0.204. The highest BCUT2D eigenvalue weighted by molar-refractivity contribution is 6.34. The van der Waals surface area contributed by atoms with Gasteiger partial charge in [0.05, 0.1) is 23.8 Å². The van der Waals surface area contributed by atoms with Crippen LogP contribution < -0.4 is 0 Å². The van der Waals surface area contributed by atoms with E-state index in [1.807, 2.05) is 13.8 Å². The quantitative estimate of drug-likeness (QED) is 0.746. The first-order valence-corrected chi connectivity index (χ1v) is 6.49. The topological polar surface area (TPSA) is 42.4 Å². The molecule has 2 atom stereocenters. The van der Waals surface area contributed by atoms with Gasteiger partial charge in [-0.1, -0.05) is 23.2 Å². The number of amides is 1. The molecule has 0 saturated carbocycles. The van der Waals surface area contributed by atoms with Crippen molar-refractivity contribution < 1.29 is 9.53 Å². The van der Waals surface area contributed by atoms with Crippen LogP contribution in [0.1, 0.15) is 24.3 Å². The number of hydrogen-bond acceptors (Lipinski definition) is 3. The van der Waals surface area contributed by atoms with Gasteiger partial charge in [-0.05, 0) is 26.0 Å². The van der Waals surface area contributed by atoms with Crippen LogP contribution >= 0.6 is 23.2 Å². The first-order chi connectivity index (χ1) is 8.49. The molecule has 1 aromatic heterocycles. The Labute approximate surface area is 116 Å². The molecule has 0 spiro atoms. The average Bonchev–Trinajstić information content (AvgIpc) is 2.34. The third-order valence-corrected chi connectivity index (χ3v) is 3.40. The van der Waals surface area contributed by atoms with E-state index in [-0.39, 0.29) is 28.9 Å². The van der Waals surface area contributed by atoms with E-state index in [9.17, 15) is 4.79 Å². The first-order valence-electron chi connectivity index (χ1n) is 5.73. The molecular weight excluding hydrogens is 275 g/mol. The summed E-state index contributed by atoms with van der Waals surface area (Å²) in [5, 5.41) is 0.576. The minimum absolute atomic E-state index is 0.00514. The first kappa shape index (κ1) is 13.6. The summed E-state index contributed by atoms with van der Waals surface area (Å²) >= 11 is 11.8. The van der Waals surface area contributed by atoms with Gasteiger partial charge in [-0.2, -0.15) is 0 Å². The smallest absolute Gasteiger partial charge is 0.274 e. The summed E-state index contributed by atoms with van der Waals surface area (Å²) < 4.78 is 5.49. The fraction of sp³-hybridized carbons (Fsp3) is 0.500. The predicted octanol–water partition coefficient (Wildman–Crippen LogP) is 2.64. The second-order valence-electron chi connectivity index (χ2n) is 4.41. The van der Waals surface area contributed by atoms with Crippen LogP contribution in [0.3, 0.4) is 0 Å². The molecular formula is C12H14Cl2N2O2. The van der Waals surface area contributed by atoms with Crippen molar-refractivity contribution in [3.63, 3.8) is 0 Å². The van der Waals surface area contributed by atoms with Crippen LogP contribution in [0, 0.1) is 0 Å². The van der Waals surface area contributed by atoms with Crippen molar-refractivity contribution in [1.29, 1.82) is 0 Å². The van der Waals surface area contributed by atoms with Crippen LogP contribution in [0.5, 0.6) is 0 Å². The lowest BCUT2D eigenvalue weighted by Gasteiger charge is -2.36. The monoisotopic (exact) mass is 288 g/mol. The van der Waals surface area contributed by atoms with Crippen molar-refractivity contribution in [3.05, 3.63) is 28.0 Å². The average molecular weight is 289 g/mol. The van der Waals surface area contributed by atoms with Gasteiger partial charge < -0.3 is 9.64 Å². The molecule has 1 aliphatic heterocycles. The summed E-state index contributed by atoms with van der Waals surface area (Å²) in [5.41, 5.74) is 0.199. The maximum absolute atomic E-state index is 12.4. The third kappa shape index (κ3) is 2.76. The van der Waals surface area contributed by atoms with E-state index in [1.54, 1.807) is 17.0 Å². The van der Waals surface area contributed by atoms with Gasteiger partial charge in [-0.25, -0.2) is 4.98 Å². The van der Waals surface area contributed by atoms with Crippen LogP contribution in [0.2, 0.25) is 10.2 Å². The molecule has 0 aromatic carbocycles. The number of ether oxygens (including phenoxy) is 1. The van der Waals surface area contributed by atoms with Crippen molar-refractivity contribution >= 4 is 29.1 Å². The van der Waals surface area contributed by atoms with E-state index < -0.39 is 0 Å².